The van der Waals surface area contributed by atoms with Crippen LogP contribution in [0.4, 0.5) is 14.5 Å². The van der Waals surface area contributed by atoms with Crippen LogP contribution in [-0.4, -0.2) is 90.1 Å². The van der Waals surface area contributed by atoms with E-state index in [0.717, 1.165) is 17.9 Å². The lowest BCUT2D eigenvalue weighted by Crippen LogP contribution is -2.48. The third-order valence-electron chi connectivity index (χ3n) is 7.86. The van der Waals surface area contributed by atoms with Gasteiger partial charge in [-0.2, -0.15) is 18.8 Å². The molecule has 2 aliphatic heterocycles. The first-order valence-corrected chi connectivity index (χ1v) is 14.7. The third kappa shape index (κ3) is 6.79. The predicted molar refractivity (Wildman–Crippen MR) is 168 cm³/mol. The van der Waals surface area contributed by atoms with Crippen molar-refractivity contribution in [2.24, 2.45) is 10.7 Å². The summed E-state index contributed by atoms with van der Waals surface area (Å²) < 4.78 is 44.2. The Morgan fingerprint density at radius 2 is 1.96 bits per heavy atom. The van der Waals surface area contributed by atoms with Crippen LogP contribution in [0.1, 0.15) is 30.9 Å². The molecule has 2 aromatic carbocycles. The summed E-state index contributed by atoms with van der Waals surface area (Å²) in [5.41, 5.74) is 6.06. The number of aliphatic imine (C=N–C) groups is 1. The minimum Gasteiger partial charge on any atom is -0.504 e. The molecule has 2 aliphatic rings. The van der Waals surface area contributed by atoms with E-state index in [2.05, 4.69) is 9.98 Å². The lowest BCUT2D eigenvalue weighted by molar-refractivity contribution is -0.185. The number of hydrogen-bond acceptors (Lipinski definition) is 11. The van der Waals surface area contributed by atoms with Gasteiger partial charge in [-0.05, 0) is 50.1 Å². The molecule has 0 saturated carbocycles. The van der Waals surface area contributed by atoms with Crippen molar-refractivity contribution >= 4 is 23.3 Å². The van der Waals surface area contributed by atoms with Crippen LogP contribution in [0.5, 0.6) is 29.0 Å². The number of ether oxygens (including phenoxy) is 2. The summed E-state index contributed by atoms with van der Waals surface area (Å²) in [6.07, 6.45) is 2.08. The summed E-state index contributed by atoms with van der Waals surface area (Å²) >= 11 is 0. The van der Waals surface area contributed by atoms with Gasteiger partial charge in [-0.1, -0.05) is 12.1 Å². The Morgan fingerprint density at radius 3 is 2.63 bits per heavy atom. The Balaban J connectivity index is 1.56. The molecule has 46 heavy (non-hydrogen) atoms. The van der Waals surface area contributed by atoms with Gasteiger partial charge in [0, 0.05) is 50.4 Å². The molecule has 242 valence electrons. The highest BCUT2D eigenvalue weighted by Gasteiger charge is 2.35. The molecule has 2 unspecified atom stereocenters. The summed E-state index contributed by atoms with van der Waals surface area (Å²) in [4.78, 5) is 28.8. The number of aromatic hydroxyl groups is 1. The van der Waals surface area contributed by atoms with Crippen molar-refractivity contribution < 1.29 is 33.0 Å². The van der Waals surface area contributed by atoms with Crippen LogP contribution in [0.15, 0.2) is 53.5 Å². The molecule has 0 amide bonds. The summed E-state index contributed by atoms with van der Waals surface area (Å²) in [7, 11) is 3.44. The molecule has 3 heterocycles. The molecular formula is C32H35F2N7O5. The van der Waals surface area contributed by atoms with Crippen molar-refractivity contribution in [1.29, 1.82) is 5.41 Å². The second-order valence-corrected chi connectivity index (χ2v) is 10.9. The number of likely N-dealkylation sites (N-methyl/N-ethyl adjacent to an activating group) is 1. The van der Waals surface area contributed by atoms with Crippen molar-refractivity contribution in [2.45, 2.75) is 31.8 Å². The summed E-state index contributed by atoms with van der Waals surface area (Å²) in [5, 5.41) is 19.8. The molecule has 0 radical (unpaired) electrons. The molecule has 4 N–H and O–H groups in total. The molecule has 0 bridgehead atoms. The number of aromatic nitrogens is 1. The van der Waals surface area contributed by atoms with E-state index < -0.39 is 41.2 Å². The quantitative estimate of drug-likeness (QED) is 0.159. The maximum absolute atomic E-state index is 16.3. The van der Waals surface area contributed by atoms with Crippen molar-refractivity contribution in [1.82, 2.24) is 14.9 Å². The summed E-state index contributed by atoms with van der Waals surface area (Å²) in [6, 6.07) is 9.82. The van der Waals surface area contributed by atoms with Gasteiger partial charge in [0.15, 0.2) is 11.5 Å². The number of phenolic OH excluding ortho intramolecular Hbond substituents is 1. The first-order valence-electron chi connectivity index (χ1n) is 14.7. The third-order valence-corrected chi connectivity index (χ3v) is 7.86. The normalized spacial score (nSPS) is 18.1. The van der Waals surface area contributed by atoms with Gasteiger partial charge in [0.1, 0.15) is 29.0 Å². The highest BCUT2D eigenvalue weighted by Crippen LogP contribution is 2.41. The summed E-state index contributed by atoms with van der Waals surface area (Å²) in [5.74, 6) is -1.66. The van der Waals surface area contributed by atoms with E-state index in [1.165, 1.54) is 36.2 Å². The second kappa shape index (κ2) is 13.9. The fraction of sp³-hybridized carbons (Fsp3) is 0.344. The number of hydroxylamine groups is 2. The zero-order chi connectivity index (χ0) is 33.0. The summed E-state index contributed by atoms with van der Waals surface area (Å²) in [6.45, 7) is 4.01. The number of hydrogen-bond donors (Lipinski definition) is 3. The minimum absolute atomic E-state index is 0.205. The van der Waals surface area contributed by atoms with Gasteiger partial charge in [0.05, 0.1) is 19.2 Å². The number of nitrogens with two attached hydrogens (primary N) is 1. The van der Waals surface area contributed by atoms with Crippen LogP contribution in [-0.2, 0) is 9.63 Å². The van der Waals surface area contributed by atoms with Crippen LogP contribution >= 0.6 is 0 Å². The minimum atomic E-state index is -1.15. The standard InChI is InChI=1S/C32H35F2N7O5/c1-4-44-41-13-10-21(18-22(41)11-15-42)40(3)28-26(33)31(45-23-7-5-6-20(16-23)30-37-12-14-39(30)2)38-32(27(28)34)46-25-17-19(29(35)36)8-9-24(25)43/h5-9,11,16-17,21-22,43H,4,10,12-14,18H2,1-3H3,(H3,35,36). The van der Waals surface area contributed by atoms with Gasteiger partial charge in [-0.15, -0.1) is 0 Å². The van der Waals surface area contributed by atoms with Gasteiger partial charge < -0.3 is 30.1 Å². The van der Waals surface area contributed by atoms with E-state index in [1.54, 1.807) is 29.2 Å². The number of phenols is 1. The number of halogens is 2. The lowest BCUT2D eigenvalue weighted by atomic mass is 9.97. The molecule has 0 spiro atoms. The van der Waals surface area contributed by atoms with E-state index >= 15 is 8.78 Å². The molecule has 1 fully saturated rings. The highest BCUT2D eigenvalue weighted by molar-refractivity contribution is 6.00. The van der Waals surface area contributed by atoms with Crippen LogP contribution < -0.4 is 20.1 Å². The van der Waals surface area contributed by atoms with Gasteiger partial charge in [0.25, 0.3) is 11.8 Å². The second-order valence-electron chi connectivity index (χ2n) is 10.9. The number of amidine groups is 2. The van der Waals surface area contributed by atoms with Crippen LogP contribution in [0.2, 0.25) is 0 Å². The Bertz CT molecular complexity index is 1700. The molecule has 3 aromatic rings. The highest BCUT2D eigenvalue weighted by atomic mass is 19.1. The Hall–Kier alpha value is -5.04. The number of pyridine rings is 1. The smallest absolute Gasteiger partial charge is 0.261 e. The Labute approximate surface area is 264 Å². The number of nitrogens with zero attached hydrogens (tertiary/aromatic N) is 5. The molecule has 5 rings (SSSR count). The first kappa shape index (κ1) is 32.4. The molecule has 1 aromatic heterocycles. The van der Waals surface area contributed by atoms with E-state index in [4.69, 9.17) is 25.5 Å². The maximum atomic E-state index is 16.3. The fourth-order valence-corrected chi connectivity index (χ4v) is 5.50. The Morgan fingerprint density at radius 1 is 1.20 bits per heavy atom. The molecule has 1 saturated heterocycles. The zero-order valence-corrected chi connectivity index (χ0v) is 25.7. The van der Waals surface area contributed by atoms with E-state index in [1.807, 2.05) is 24.9 Å². The van der Waals surface area contributed by atoms with E-state index in [0.29, 0.717) is 32.5 Å². The van der Waals surface area contributed by atoms with Gasteiger partial charge in [-0.3, -0.25) is 15.2 Å². The van der Waals surface area contributed by atoms with Gasteiger partial charge in [-0.25, -0.2) is 4.79 Å². The van der Waals surface area contributed by atoms with Crippen molar-refractivity contribution in [3.05, 3.63) is 71.3 Å². The number of anilines is 1. The zero-order valence-electron chi connectivity index (χ0n) is 25.7. The molecule has 0 aliphatic carbocycles. The molecule has 14 heteroatoms. The molecule has 2 atom stereocenters. The van der Waals surface area contributed by atoms with Crippen molar-refractivity contribution in [2.75, 3.05) is 45.2 Å². The van der Waals surface area contributed by atoms with Gasteiger partial charge >= 0.3 is 0 Å². The van der Waals surface area contributed by atoms with Gasteiger partial charge in [0.2, 0.25) is 11.6 Å². The van der Waals surface area contributed by atoms with Crippen LogP contribution in [0.3, 0.4) is 0 Å². The molecular weight excluding hydrogens is 600 g/mol. The number of nitrogen functional groups attached to an aromatic ring is 1. The monoisotopic (exact) mass is 635 g/mol. The van der Waals surface area contributed by atoms with Crippen molar-refractivity contribution in [3.8, 4) is 29.0 Å². The maximum Gasteiger partial charge on any atom is 0.261 e. The fourth-order valence-electron chi connectivity index (χ4n) is 5.50. The molecule has 12 nitrogen and oxygen atoms in total. The first-order chi connectivity index (χ1) is 22.1. The Kier molecular flexibility index (Phi) is 9.81. The number of nitrogens with one attached hydrogen (secondary N) is 1. The topological polar surface area (TPSA) is 150 Å². The number of benzene rings is 2. The number of rotatable bonds is 11. The van der Waals surface area contributed by atoms with Crippen LogP contribution in [0.25, 0.3) is 0 Å². The van der Waals surface area contributed by atoms with E-state index in [-0.39, 0.29) is 28.6 Å². The number of piperidine rings is 1. The lowest BCUT2D eigenvalue weighted by Gasteiger charge is -2.40. The average Bonchev–Trinajstić information content (AvgIpc) is 3.47. The number of carbonyl (C=O) groups excluding carboxylic acids is 1. The SMILES string of the molecule is CCON1CCC(N(C)c2c(F)c(Oc3cccc(C4=NCCN4C)c3)nc(Oc3cc(C(=N)N)ccc3O)c2F)CC1C=C=O. The largest absolute Gasteiger partial charge is 0.504 e. The average molecular weight is 636 g/mol. The van der Waals surface area contributed by atoms with E-state index in [9.17, 15) is 9.90 Å². The van der Waals surface area contributed by atoms with Crippen LogP contribution in [0, 0.1) is 17.0 Å². The van der Waals surface area contributed by atoms with Crippen molar-refractivity contribution in [3.63, 3.8) is 0 Å². The predicted octanol–water partition coefficient (Wildman–Crippen LogP) is 4.23.